The number of benzene rings is 1. The maximum Gasteiger partial charge on any atom is 0.416 e. The van der Waals surface area contributed by atoms with Crippen LogP contribution in [0, 0.1) is 5.82 Å². The fraction of sp³-hybridized carbons (Fsp3) is 0.455. The van der Waals surface area contributed by atoms with Crippen LogP contribution >= 0.6 is 12.4 Å². The van der Waals surface area contributed by atoms with Gasteiger partial charge in [0, 0.05) is 11.6 Å². The highest BCUT2D eigenvalue weighted by molar-refractivity contribution is 5.85. The maximum absolute atomic E-state index is 13.4. The van der Waals surface area contributed by atoms with Gasteiger partial charge in [-0.1, -0.05) is 6.07 Å². The van der Waals surface area contributed by atoms with Crippen LogP contribution in [0.2, 0.25) is 0 Å². The Morgan fingerprint density at radius 2 is 1.83 bits per heavy atom. The minimum absolute atomic E-state index is 0. The Hall–Kier alpha value is -0.850. The third kappa shape index (κ3) is 4.44. The molecule has 0 aliphatic carbocycles. The topological polar surface area (TPSA) is 52.0 Å². The van der Waals surface area contributed by atoms with E-state index < -0.39 is 23.6 Å². The Morgan fingerprint density at radius 3 is 2.28 bits per heavy atom. The minimum atomic E-state index is -4.54. The van der Waals surface area contributed by atoms with Crippen LogP contribution in [-0.2, 0) is 6.18 Å². The molecule has 0 unspecified atom stereocenters. The van der Waals surface area contributed by atoms with Crippen LogP contribution in [0.5, 0.6) is 0 Å². The first-order valence-electron chi connectivity index (χ1n) is 5.18. The Balaban J connectivity index is 0.00000289. The van der Waals surface area contributed by atoms with E-state index in [1.54, 1.807) is 0 Å². The van der Waals surface area contributed by atoms with Gasteiger partial charge < -0.3 is 11.5 Å². The quantitative estimate of drug-likeness (QED) is 0.836. The van der Waals surface area contributed by atoms with Gasteiger partial charge in [-0.05, 0) is 31.5 Å². The largest absolute Gasteiger partial charge is 0.416 e. The van der Waals surface area contributed by atoms with Crippen molar-refractivity contribution in [2.75, 3.05) is 6.54 Å². The van der Waals surface area contributed by atoms with Gasteiger partial charge in [0.15, 0.2) is 0 Å². The summed E-state index contributed by atoms with van der Waals surface area (Å²) in [6.07, 6.45) is -3.50. The zero-order chi connectivity index (χ0) is 13.1. The van der Waals surface area contributed by atoms with Gasteiger partial charge in [-0.3, -0.25) is 0 Å². The standard InChI is InChI=1S/C11H14F4N2.ClH/c12-9-6-7(11(13,14)15)3-4-8(9)10(17)2-1-5-16;/h3-4,6,10H,1-2,5,16-17H2;1H/t10-;/m1./s1. The average molecular weight is 287 g/mol. The van der Waals surface area contributed by atoms with Crippen molar-refractivity contribution in [3.63, 3.8) is 0 Å². The van der Waals surface area contributed by atoms with Crippen molar-refractivity contribution >= 4 is 12.4 Å². The lowest BCUT2D eigenvalue weighted by molar-refractivity contribution is -0.137. The van der Waals surface area contributed by atoms with Gasteiger partial charge in [0.25, 0.3) is 0 Å². The fourth-order valence-electron chi connectivity index (χ4n) is 1.50. The number of halogens is 5. The van der Waals surface area contributed by atoms with Gasteiger partial charge in [-0.15, -0.1) is 12.4 Å². The molecule has 4 N–H and O–H groups in total. The predicted octanol–water partition coefficient (Wildman–Crippen LogP) is 3.01. The molecule has 0 aromatic heterocycles. The van der Waals surface area contributed by atoms with E-state index in [1.807, 2.05) is 0 Å². The Kier molecular flexibility index (Phi) is 6.59. The molecule has 0 radical (unpaired) electrons. The van der Waals surface area contributed by atoms with E-state index in [1.165, 1.54) is 0 Å². The molecule has 104 valence electrons. The van der Waals surface area contributed by atoms with Crippen molar-refractivity contribution in [2.45, 2.75) is 25.1 Å². The summed E-state index contributed by atoms with van der Waals surface area (Å²) in [4.78, 5) is 0. The van der Waals surface area contributed by atoms with Crippen molar-refractivity contribution in [3.05, 3.63) is 35.1 Å². The molecule has 1 atom stereocenters. The van der Waals surface area contributed by atoms with E-state index in [-0.39, 0.29) is 18.0 Å². The third-order valence-corrected chi connectivity index (χ3v) is 2.45. The van der Waals surface area contributed by atoms with E-state index in [0.717, 1.165) is 12.1 Å². The minimum Gasteiger partial charge on any atom is -0.330 e. The lowest BCUT2D eigenvalue weighted by Gasteiger charge is -2.14. The number of alkyl halides is 3. The van der Waals surface area contributed by atoms with E-state index in [4.69, 9.17) is 11.5 Å². The van der Waals surface area contributed by atoms with Crippen LogP contribution in [-0.4, -0.2) is 6.54 Å². The third-order valence-electron chi connectivity index (χ3n) is 2.45. The maximum atomic E-state index is 13.4. The van der Waals surface area contributed by atoms with Gasteiger partial charge in [-0.25, -0.2) is 4.39 Å². The van der Waals surface area contributed by atoms with Crippen molar-refractivity contribution in [3.8, 4) is 0 Å². The first kappa shape index (κ1) is 17.2. The van der Waals surface area contributed by atoms with E-state index in [0.29, 0.717) is 25.5 Å². The van der Waals surface area contributed by atoms with Gasteiger partial charge in [-0.2, -0.15) is 13.2 Å². The summed E-state index contributed by atoms with van der Waals surface area (Å²) >= 11 is 0. The van der Waals surface area contributed by atoms with Crippen LogP contribution in [0.4, 0.5) is 17.6 Å². The normalized spacial score (nSPS) is 13.0. The van der Waals surface area contributed by atoms with E-state index in [9.17, 15) is 17.6 Å². The molecule has 7 heteroatoms. The second-order valence-electron chi connectivity index (χ2n) is 3.77. The SMILES string of the molecule is Cl.NCCC[C@@H](N)c1ccc(C(F)(F)F)cc1F. The van der Waals surface area contributed by atoms with Gasteiger partial charge >= 0.3 is 6.18 Å². The Labute approximate surface area is 109 Å². The van der Waals surface area contributed by atoms with Gasteiger partial charge in [0.1, 0.15) is 5.82 Å². The van der Waals surface area contributed by atoms with Crippen LogP contribution < -0.4 is 11.5 Å². The lowest BCUT2D eigenvalue weighted by atomic mass is 10.0. The van der Waals surface area contributed by atoms with Gasteiger partial charge in [0.05, 0.1) is 5.56 Å². The second-order valence-corrected chi connectivity index (χ2v) is 3.77. The fourth-order valence-corrected chi connectivity index (χ4v) is 1.50. The van der Waals surface area contributed by atoms with Crippen LogP contribution in [0.1, 0.15) is 30.0 Å². The first-order valence-corrected chi connectivity index (χ1v) is 5.18. The summed E-state index contributed by atoms with van der Waals surface area (Å²) in [7, 11) is 0. The van der Waals surface area contributed by atoms with Crippen LogP contribution in [0.3, 0.4) is 0 Å². The van der Waals surface area contributed by atoms with Crippen LogP contribution in [0.15, 0.2) is 18.2 Å². The number of hydrogen-bond acceptors (Lipinski definition) is 2. The molecule has 0 amide bonds. The molecule has 0 fully saturated rings. The molecule has 0 aliphatic rings. The number of hydrogen-bond donors (Lipinski definition) is 2. The molecule has 1 rings (SSSR count). The molecule has 0 bridgehead atoms. The molecule has 0 saturated carbocycles. The molecular weight excluding hydrogens is 272 g/mol. The predicted molar refractivity (Wildman–Crippen MR) is 63.9 cm³/mol. The highest BCUT2D eigenvalue weighted by atomic mass is 35.5. The zero-order valence-electron chi connectivity index (χ0n) is 9.51. The molecule has 0 spiro atoms. The van der Waals surface area contributed by atoms with E-state index >= 15 is 0 Å². The molecule has 2 nitrogen and oxygen atoms in total. The molecule has 0 aliphatic heterocycles. The zero-order valence-corrected chi connectivity index (χ0v) is 10.3. The Bertz CT molecular complexity index is 382. The smallest absolute Gasteiger partial charge is 0.330 e. The lowest BCUT2D eigenvalue weighted by Crippen LogP contribution is -2.15. The summed E-state index contributed by atoms with van der Waals surface area (Å²) in [6, 6.07) is 1.76. The highest BCUT2D eigenvalue weighted by Crippen LogP contribution is 2.31. The van der Waals surface area contributed by atoms with E-state index in [2.05, 4.69) is 0 Å². The summed E-state index contributed by atoms with van der Waals surface area (Å²) in [5, 5.41) is 0. The van der Waals surface area contributed by atoms with Crippen molar-refractivity contribution in [1.29, 1.82) is 0 Å². The summed E-state index contributed by atoms with van der Waals surface area (Å²) in [5.41, 5.74) is 10.0. The Morgan fingerprint density at radius 1 is 1.22 bits per heavy atom. The first-order chi connectivity index (χ1) is 7.86. The van der Waals surface area contributed by atoms with Crippen molar-refractivity contribution < 1.29 is 17.6 Å². The molecular formula is C11H15ClF4N2. The average Bonchev–Trinajstić information content (AvgIpc) is 2.24. The van der Waals surface area contributed by atoms with Crippen molar-refractivity contribution in [2.24, 2.45) is 11.5 Å². The van der Waals surface area contributed by atoms with Gasteiger partial charge in [0.2, 0.25) is 0 Å². The highest BCUT2D eigenvalue weighted by Gasteiger charge is 2.31. The monoisotopic (exact) mass is 286 g/mol. The van der Waals surface area contributed by atoms with Crippen LogP contribution in [0.25, 0.3) is 0 Å². The summed E-state index contributed by atoms with van der Waals surface area (Å²) in [5.74, 6) is -0.927. The number of rotatable bonds is 4. The number of nitrogens with two attached hydrogens (primary N) is 2. The molecule has 0 saturated heterocycles. The summed E-state index contributed by atoms with van der Waals surface area (Å²) < 4.78 is 50.3. The second kappa shape index (κ2) is 6.92. The summed E-state index contributed by atoms with van der Waals surface area (Å²) in [6.45, 7) is 0.413. The van der Waals surface area contributed by atoms with Crippen molar-refractivity contribution in [1.82, 2.24) is 0 Å². The molecule has 18 heavy (non-hydrogen) atoms. The molecule has 1 aromatic rings. The molecule has 0 heterocycles. The molecule has 1 aromatic carbocycles.